The summed E-state index contributed by atoms with van der Waals surface area (Å²) in [5, 5.41) is 7.70. The van der Waals surface area contributed by atoms with Crippen molar-refractivity contribution in [2.75, 3.05) is 25.0 Å². The van der Waals surface area contributed by atoms with Crippen LogP contribution < -0.4 is 10.2 Å². The molecule has 20 heavy (non-hydrogen) atoms. The molecule has 0 saturated heterocycles. The van der Waals surface area contributed by atoms with Gasteiger partial charge in [0.15, 0.2) is 0 Å². The molecular weight excluding hydrogens is 248 g/mol. The maximum atomic E-state index is 4.18. The van der Waals surface area contributed by atoms with Crippen molar-refractivity contribution >= 4 is 5.69 Å². The fourth-order valence-electron chi connectivity index (χ4n) is 2.80. The lowest BCUT2D eigenvalue weighted by Crippen LogP contribution is -2.16. The number of nitrogens with zero attached hydrogens (tertiary/aromatic N) is 3. The summed E-state index contributed by atoms with van der Waals surface area (Å²) in [6.45, 7) is 3.08. The van der Waals surface area contributed by atoms with Crippen molar-refractivity contribution < 1.29 is 0 Å². The van der Waals surface area contributed by atoms with E-state index < -0.39 is 0 Å². The smallest absolute Gasteiger partial charge is 0.0522 e. The highest BCUT2D eigenvalue weighted by Crippen LogP contribution is 2.27. The number of anilines is 1. The minimum absolute atomic E-state index is 0.942. The Bertz CT molecular complexity index is 588. The Hall–Kier alpha value is -1.81. The minimum Gasteiger partial charge on any atom is -0.374 e. The highest BCUT2D eigenvalue weighted by Gasteiger charge is 2.15. The number of nitrogens with one attached hydrogen (secondary N) is 1. The Morgan fingerprint density at radius 1 is 1.25 bits per heavy atom. The van der Waals surface area contributed by atoms with Crippen LogP contribution in [0, 0.1) is 0 Å². The standard InChI is InChI=1S/C16H22N4/c1-19-8-6-15-9-13(3-4-16(15)19)10-17-7-5-14-11-18-20(2)12-14/h3-4,9,11-12,17H,5-8,10H2,1-2H3. The van der Waals surface area contributed by atoms with Crippen molar-refractivity contribution in [3.63, 3.8) is 0 Å². The van der Waals surface area contributed by atoms with Gasteiger partial charge in [0.2, 0.25) is 0 Å². The van der Waals surface area contributed by atoms with Crippen LogP contribution in [0.4, 0.5) is 5.69 Å². The molecule has 4 nitrogen and oxygen atoms in total. The number of aromatic nitrogens is 2. The van der Waals surface area contributed by atoms with E-state index in [0.29, 0.717) is 0 Å². The van der Waals surface area contributed by atoms with Crippen molar-refractivity contribution in [1.82, 2.24) is 15.1 Å². The van der Waals surface area contributed by atoms with Crippen LogP contribution in [0.1, 0.15) is 16.7 Å². The fourth-order valence-corrected chi connectivity index (χ4v) is 2.80. The monoisotopic (exact) mass is 270 g/mol. The summed E-state index contributed by atoms with van der Waals surface area (Å²) in [7, 11) is 4.12. The van der Waals surface area contributed by atoms with E-state index in [2.05, 4.69) is 46.8 Å². The zero-order chi connectivity index (χ0) is 13.9. The molecule has 0 amide bonds. The predicted octanol–water partition coefficient (Wildman–Crippen LogP) is 1.74. The molecule has 2 heterocycles. The van der Waals surface area contributed by atoms with Gasteiger partial charge in [-0.2, -0.15) is 5.10 Å². The van der Waals surface area contributed by atoms with E-state index >= 15 is 0 Å². The zero-order valence-electron chi connectivity index (χ0n) is 12.3. The Kier molecular flexibility index (Phi) is 3.74. The molecule has 0 radical (unpaired) electrons. The average molecular weight is 270 g/mol. The third-order valence-corrected chi connectivity index (χ3v) is 3.95. The minimum atomic E-state index is 0.942. The van der Waals surface area contributed by atoms with Crippen LogP contribution in [0.2, 0.25) is 0 Å². The van der Waals surface area contributed by atoms with Gasteiger partial charge in [-0.1, -0.05) is 12.1 Å². The highest BCUT2D eigenvalue weighted by molar-refractivity contribution is 5.58. The highest BCUT2D eigenvalue weighted by atomic mass is 15.2. The number of fused-ring (bicyclic) bond motifs is 1. The van der Waals surface area contributed by atoms with E-state index in [-0.39, 0.29) is 0 Å². The molecule has 3 rings (SSSR count). The second-order valence-corrected chi connectivity index (χ2v) is 5.58. The SMILES string of the molecule is CN1CCc2cc(CNCCc3cnn(C)c3)ccc21. The first-order valence-electron chi connectivity index (χ1n) is 7.23. The van der Waals surface area contributed by atoms with E-state index in [1.807, 2.05) is 17.9 Å². The molecule has 4 heteroatoms. The zero-order valence-corrected chi connectivity index (χ0v) is 12.3. The van der Waals surface area contributed by atoms with Gasteiger partial charge in [-0.3, -0.25) is 4.68 Å². The first-order valence-corrected chi connectivity index (χ1v) is 7.23. The van der Waals surface area contributed by atoms with Crippen molar-refractivity contribution in [2.24, 2.45) is 7.05 Å². The van der Waals surface area contributed by atoms with Gasteiger partial charge >= 0.3 is 0 Å². The lowest BCUT2D eigenvalue weighted by molar-refractivity contribution is 0.686. The molecule has 2 aromatic rings. The van der Waals surface area contributed by atoms with Gasteiger partial charge in [-0.15, -0.1) is 0 Å². The summed E-state index contributed by atoms with van der Waals surface area (Å²) in [5.74, 6) is 0. The summed E-state index contributed by atoms with van der Waals surface area (Å²) in [6.07, 6.45) is 6.22. The number of benzene rings is 1. The quantitative estimate of drug-likeness (QED) is 0.840. The lowest BCUT2D eigenvalue weighted by atomic mass is 10.1. The van der Waals surface area contributed by atoms with E-state index in [0.717, 1.165) is 26.1 Å². The van der Waals surface area contributed by atoms with Gasteiger partial charge in [0.05, 0.1) is 6.20 Å². The molecule has 1 N–H and O–H groups in total. The van der Waals surface area contributed by atoms with Gasteiger partial charge in [-0.25, -0.2) is 0 Å². The Morgan fingerprint density at radius 3 is 2.95 bits per heavy atom. The molecule has 0 spiro atoms. The molecule has 0 fully saturated rings. The second-order valence-electron chi connectivity index (χ2n) is 5.58. The third-order valence-electron chi connectivity index (χ3n) is 3.95. The first kappa shape index (κ1) is 13.2. The van der Waals surface area contributed by atoms with Crippen LogP contribution in [0.25, 0.3) is 0 Å². The molecule has 106 valence electrons. The topological polar surface area (TPSA) is 33.1 Å². The van der Waals surface area contributed by atoms with E-state index in [1.54, 1.807) is 0 Å². The van der Waals surface area contributed by atoms with Crippen molar-refractivity contribution in [2.45, 2.75) is 19.4 Å². The summed E-state index contributed by atoms with van der Waals surface area (Å²) in [4.78, 5) is 2.33. The van der Waals surface area contributed by atoms with Crippen LogP contribution in [0.3, 0.4) is 0 Å². The van der Waals surface area contributed by atoms with Gasteiger partial charge < -0.3 is 10.2 Å². The van der Waals surface area contributed by atoms with Crippen molar-refractivity contribution in [3.05, 3.63) is 47.3 Å². The number of hydrogen-bond donors (Lipinski definition) is 1. The van der Waals surface area contributed by atoms with Crippen molar-refractivity contribution in [3.8, 4) is 0 Å². The molecule has 1 aliphatic rings. The number of likely N-dealkylation sites (N-methyl/N-ethyl adjacent to an activating group) is 1. The summed E-state index contributed by atoms with van der Waals surface area (Å²) in [6, 6.07) is 6.83. The van der Waals surface area contributed by atoms with Gasteiger partial charge in [0.1, 0.15) is 0 Å². The fraction of sp³-hybridized carbons (Fsp3) is 0.438. The number of rotatable bonds is 5. The molecule has 0 saturated carbocycles. The second kappa shape index (κ2) is 5.67. The molecule has 1 aromatic heterocycles. The Labute approximate surface area is 120 Å². The van der Waals surface area contributed by atoms with Crippen LogP contribution in [-0.4, -0.2) is 29.9 Å². The molecule has 0 bridgehead atoms. The molecule has 1 aromatic carbocycles. The summed E-state index contributed by atoms with van der Waals surface area (Å²) in [5.41, 5.74) is 5.55. The third kappa shape index (κ3) is 2.85. The molecular formula is C16H22N4. The van der Waals surface area contributed by atoms with Crippen LogP contribution in [-0.2, 0) is 26.4 Å². The Morgan fingerprint density at radius 2 is 2.15 bits per heavy atom. The summed E-state index contributed by atoms with van der Waals surface area (Å²) >= 11 is 0. The molecule has 0 unspecified atom stereocenters. The van der Waals surface area contributed by atoms with E-state index in [1.165, 1.54) is 28.8 Å². The van der Waals surface area contributed by atoms with Crippen LogP contribution >= 0.6 is 0 Å². The molecule has 0 atom stereocenters. The van der Waals surface area contributed by atoms with Gasteiger partial charge in [-0.05, 0) is 42.1 Å². The summed E-state index contributed by atoms with van der Waals surface area (Å²) < 4.78 is 1.85. The first-order chi connectivity index (χ1) is 9.72. The predicted molar refractivity (Wildman–Crippen MR) is 82.0 cm³/mol. The Balaban J connectivity index is 1.49. The lowest BCUT2D eigenvalue weighted by Gasteiger charge is -2.12. The van der Waals surface area contributed by atoms with E-state index in [4.69, 9.17) is 0 Å². The van der Waals surface area contributed by atoms with Crippen LogP contribution in [0.5, 0.6) is 0 Å². The van der Waals surface area contributed by atoms with Crippen LogP contribution in [0.15, 0.2) is 30.6 Å². The van der Waals surface area contributed by atoms with Crippen molar-refractivity contribution in [1.29, 1.82) is 0 Å². The maximum absolute atomic E-state index is 4.18. The van der Waals surface area contributed by atoms with Gasteiger partial charge in [0, 0.05) is 39.1 Å². The number of hydrogen-bond acceptors (Lipinski definition) is 3. The molecule has 1 aliphatic heterocycles. The number of aryl methyl sites for hydroxylation is 1. The van der Waals surface area contributed by atoms with Gasteiger partial charge in [0.25, 0.3) is 0 Å². The molecule has 0 aliphatic carbocycles. The normalized spacial score (nSPS) is 13.8. The average Bonchev–Trinajstić information content (AvgIpc) is 3.02. The van der Waals surface area contributed by atoms with E-state index in [9.17, 15) is 0 Å². The maximum Gasteiger partial charge on any atom is 0.0522 e. The largest absolute Gasteiger partial charge is 0.374 e.